The second kappa shape index (κ2) is 10.6. The summed E-state index contributed by atoms with van der Waals surface area (Å²) >= 11 is 0. The molecule has 8 nitrogen and oxygen atoms in total. The summed E-state index contributed by atoms with van der Waals surface area (Å²) in [4.78, 5) is 44.6. The molecule has 8 heteroatoms. The molecule has 2 N–H and O–H groups in total. The van der Waals surface area contributed by atoms with E-state index in [0.29, 0.717) is 12.1 Å². The Morgan fingerprint density at radius 3 is 2.29 bits per heavy atom. The van der Waals surface area contributed by atoms with Gasteiger partial charge in [0.15, 0.2) is 0 Å². The van der Waals surface area contributed by atoms with Crippen molar-refractivity contribution in [2.75, 3.05) is 45.8 Å². The molecule has 3 aliphatic rings. The first-order valence-electron chi connectivity index (χ1n) is 12.5. The molecule has 1 unspecified atom stereocenters. The highest BCUT2D eigenvalue weighted by Crippen LogP contribution is 2.41. The van der Waals surface area contributed by atoms with Gasteiger partial charge in [-0.15, -0.1) is 0 Å². The molecule has 1 aliphatic carbocycles. The van der Waals surface area contributed by atoms with Crippen LogP contribution in [0.1, 0.15) is 40.4 Å². The fraction of sp³-hybridized carbons (Fsp3) is 0.444. The molecule has 184 valence electrons. The number of benzene rings is 2. The van der Waals surface area contributed by atoms with Gasteiger partial charge in [0.2, 0.25) is 11.8 Å². The van der Waals surface area contributed by atoms with Crippen molar-refractivity contribution in [2.45, 2.75) is 31.5 Å². The normalized spacial score (nSPS) is 20.5. The van der Waals surface area contributed by atoms with E-state index in [9.17, 15) is 14.4 Å². The lowest BCUT2D eigenvalue weighted by Crippen LogP contribution is -2.49. The zero-order valence-corrected chi connectivity index (χ0v) is 20.0. The van der Waals surface area contributed by atoms with Crippen molar-refractivity contribution in [3.63, 3.8) is 0 Å². The zero-order valence-electron chi connectivity index (χ0n) is 20.0. The number of nitrogens with zero attached hydrogens (tertiary/aromatic N) is 3. The number of carbonyl (C=O) groups excluding carboxylic acids is 3. The predicted molar refractivity (Wildman–Crippen MR) is 133 cm³/mol. The fourth-order valence-corrected chi connectivity index (χ4v) is 5.03. The van der Waals surface area contributed by atoms with Crippen molar-refractivity contribution in [3.8, 4) is 0 Å². The van der Waals surface area contributed by atoms with Crippen LogP contribution >= 0.6 is 0 Å². The van der Waals surface area contributed by atoms with Crippen LogP contribution in [0, 0.1) is 0 Å². The summed E-state index contributed by atoms with van der Waals surface area (Å²) in [5.74, 6) is -0.590. The number of piperazine rings is 1. The van der Waals surface area contributed by atoms with Crippen molar-refractivity contribution < 1.29 is 14.4 Å². The first-order chi connectivity index (χ1) is 17.1. The monoisotopic (exact) mass is 475 g/mol. The van der Waals surface area contributed by atoms with E-state index in [1.54, 1.807) is 11.0 Å². The van der Waals surface area contributed by atoms with Crippen LogP contribution < -0.4 is 10.6 Å². The lowest BCUT2D eigenvalue weighted by molar-refractivity contribution is -0.129. The van der Waals surface area contributed by atoms with Crippen molar-refractivity contribution >= 4 is 17.7 Å². The summed E-state index contributed by atoms with van der Waals surface area (Å²) < 4.78 is 0. The van der Waals surface area contributed by atoms with Gasteiger partial charge in [0.1, 0.15) is 6.04 Å². The van der Waals surface area contributed by atoms with Crippen LogP contribution in [0.4, 0.5) is 0 Å². The van der Waals surface area contributed by atoms with Crippen LogP contribution in [0.25, 0.3) is 0 Å². The number of rotatable bonds is 9. The Hall–Kier alpha value is -3.23. The molecular formula is C27H33N5O3. The molecule has 0 radical (unpaired) electrons. The minimum Gasteiger partial charge on any atom is -0.353 e. The molecule has 2 fully saturated rings. The molecule has 35 heavy (non-hydrogen) atoms. The fourth-order valence-electron chi connectivity index (χ4n) is 5.03. The average molecular weight is 476 g/mol. The maximum atomic E-state index is 13.0. The van der Waals surface area contributed by atoms with Gasteiger partial charge in [0.25, 0.3) is 5.91 Å². The summed E-state index contributed by atoms with van der Waals surface area (Å²) in [7, 11) is 0. The number of hydrogen-bond donors (Lipinski definition) is 2. The van der Waals surface area contributed by atoms with Crippen molar-refractivity contribution in [3.05, 3.63) is 71.3 Å². The Kier molecular flexibility index (Phi) is 7.11. The molecule has 1 saturated carbocycles. The van der Waals surface area contributed by atoms with Crippen LogP contribution in [-0.4, -0.2) is 84.3 Å². The van der Waals surface area contributed by atoms with E-state index in [1.807, 2.05) is 24.3 Å². The van der Waals surface area contributed by atoms with Crippen molar-refractivity contribution in [1.82, 2.24) is 25.3 Å². The van der Waals surface area contributed by atoms with Gasteiger partial charge in [0.05, 0.1) is 6.54 Å². The Labute approximate surface area is 206 Å². The Bertz CT molecular complexity index is 1060. The standard InChI is InChI=1S/C27H33N5O3/c33-24(28-12-13-30-14-16-31(17-15-30)19-20-6-2-1-3-7-20)18-29-26(34)25-22-8-4-5-9-23(22)27(35)32(25)21-10-11-21/h1-9,21,25H,10-19H2,(H,28,33)(H,29,34). The molecule has 0 bridgehead atoms. The second-order valence-corrected chi connectivity index (χ2v) is 9.60. The lowest BCUT2D eigenvalue weighted by Gasteiger charge is -2.34. The van der Waals surface area contributed by atoms with E-state index in [0.717, 1.165) is 57.7 Å². The third-order valence-corrected chi connectivity index (χ3v) is 7.07. The summed E-state index contributed by atoms with van der Waals surface area (Å²) in [5, 5.41) is 5.66. The molecule has 1 saturated heterocycles. The van der Waals surface area contributed by atoms with Gasteiger partial charge in [-0.25, -0.2) is 0 Å². The van der Waals surface area contributed by atoms with Crippen LogP contribution in [0.2, 0.25) is 0 Å². The maximum Gasteiger partial charge on any atom is 0.255 e. The van der Waals surface area contributed by atoms with E-state index >= 15 is 0 Å². The molecular weight excluding hydrogens is 442 g/mol. The molecule has 3 amide bonds. The molecule has 2 aromatic rings. The number of nitrogens with one attached hydrogen (secondary N) is 2. The minimum atomic E-state index is -0.647. The third-order valence-electron chi connectivity index (χ3n) is 7.07. The number of fused-ring (bicyclic) bond motifs is 1. The summed E-state index contributed by atoms with van der Waals surface area (Å²) in [6, 6.07) is 17.3. The van der Waals surface area contributed by atoms with Crippen molar-refractivity contribution in [2.24, 2.45) is 0 Å². The molecule has 0 spiro atoms. The van der Waals surface area contributed by atoms with E-state index in [4.69, 9.17) is 0 Å². The zero-order chi connectivity index (χ0) is 24.2. The highest BCUT2D eigenvalue weighted by atomic mass is 16.2. The summed E-state index contributed by atoms with van der Waals surface area (Å²) in [6.45, 7) is 6.20. The third kappa shape index (κ3) is 5.55. The first-order valence-corrected chi connectivity index (χ1v) is 12.5. The molecule has 2 heterocycles. The van der Waals surface area contributed by atoms with Gasteiger partial charge in [-0.1, -0.05) is 48.5 Å². The number of amides is 3. The molecule has 1 atom stereocenters. The molecule has 0 aromatic heterocycles. The van der Waals surface area contributed by atoms with Gasteiger partial charge in [-0.05, 0) is 30.0 Å². The van der Waals surface area contributed by atoms with Crippen molar-refractivity contribution in [1.29, 1.82) is 0 Å². The smallest absolute Gasteiger partial charge is 0.255 e. The van der Waals surface area contributed by atoms with Crippen LogP contribution in [-0.2, 0) is 16.1 Å². The Balaban J connectivity index is 1.03. The second-order valence-electron chi connectivity index (χ2n) is 9.60. The lowest BCUT2D eigenvalue weighted by atomic mass is 10.0. The maximum absolute atomic E-state index is 13.0. The SMILES string of the molecule is O=C(CNC(=O)C1c2ccccc2C(=O)N1C1CC1)NCCN1CCN(Cc2ccccc2)CC1. The minimum absolute atomic E-state index is 0.0865. The van der Waals surface area contributed by atoms with Gasteiger partial charge < -0.3 is 15.5 Å². The molecule has 2 aromatic carbocycles. The summed E-state index contributed by atoms with van der Waals surface area (Å²) in [6.07, 6.45) is 1.84. The van der Waals surface area contributed by atoms with E-state index in [-0.39, 0.29) is 30.3 Å². The largest absolute Gasteiger partial charge is 0.353 e. The Morgan fingerprint density at radius 1 is 0.857 bits per heavy atom. The van der Waals surface area contributed by atoms with Crippen LogP contribution in [0.15, 0.2) is 54.6 Å². The first kappa shape index (κ1) is 23.5. The van der Waals surface area contributed by atoms with Crippen LogP contribution in [0.5, 0.6) is 0 Å². The van der Waals surface area contributed by atoms with Crippen LogP contribution in [0.3, 0.4) is 0 Å². The highest BCUT2D eigenvalue weighted by molar-refractivity contribution is 6.05. The topological polar surface area (TPSA) is 85.0 Å². The van der Waals surface area contributed by atoms with E-state index < -0.39 is 6.04 Å². The quantitative estimate of drug-likeness (QED) is 0.573. The van der Waals surface area contributed by atoms with Gasteiger partial charge in [0, 0.05) is 57.4 Å². The molecule has 2 aliphatic heterocycles. The molecule has 5 rings (SSSR count). The summed E-state index contributed by atoms with van der Waals surface area (Å²) in [5.41, 5.74) is 2.66. The average Bonchev–Trinajstić information content (AvgIpc) is 3.68. The van der Waals surface area contributed by atoms with E-state index in [1.165, 1.54) is 5.56 Å². The van der Waals surface area contributed by atoms with Gasteiger partial charge in [-0.3, -0.25) is 24.2 Å². The Morgan fingerprint density at radius 2 is 1.54 bits per heavy atom. The van der Waals surface area contributed by atoms with E-state index in [2.05, 4.69) is 44.7 Å². The van der Waals surface area contributed by atoms with Gasteiger partial charge in [-0.2, -0.15) is 0 Å². The van der Waals surface area contributed by atoms with Gasteiger partial charge >= 0.3 is 0 Å². The highest BCUT2D eigenvalue weighted by Gasteiger charge is 2.47. The number of carbonyl (C=O) groups is 3. The number of hydrogen-bond acceptors (Lipinski definition) is 5. The predicted octanol–water partition coefficient (Wildman–Crippen LogP) is 1.40.